The van der Waals surface area contributed by atoms with Gasteiger partial charge in [-0.15, -0.1) is 5.10 Å². The lowest BCUT2D eigenvalue weighted by Gasteiger charge is -2.10. The van der Waals surface area contributed by atoms with Gasteiger partial charge in [-0.3, -0.25) is 0 Å². The second-order valence-electron chi connectivity index (χ2n) is 4.52. The molecule has 2 aromatic rings. The van der Waals surface area contributed by atoms with Gasteiger partial charge >= 0.3 is 0 Å². The summed E-state index contributed by atoms with van der Waals surface area (Å²) in [4.78, 5) is 0.283. The van der Waals surface area contributed by atoms with Crippen LogP contribution in [0.3, 0.4) is 0 Å². The smallest absolute Gasteiger partial charge is 0.181 e. The number of aromatic nitrogens is 4. The SMILES string of the molecule is CS(=O)(=O)c1cccc(C2CC2)c1-c1nnn[nH]1. The topological polar surface area (TPSA) is 88.6 Å². The molecule has 1 N–H and O–H groups in total. The van der Waals surface area contributed by atoms with E-state index in [1.807, 2.05) is 6.07 Å². The van der Waals surface area contributed by atoms with Crippen LogP contribution in [0.15, 0.2) is 23.1 Å². The van der Waals surface area contributed by atoms with Gasteiger partial charge in [0, 0.05) is 11.8 Å². The maximum Gasteiger partial charge on any atom is 0.181 e. The number of hydrogen-bond donors (Lipinski definition) is 1. The van der Waals surface area contributed by atoms with E-state index in [0.717, 1.165) is 18.4 Å². The monoisotopic (exact) mass is 264 g/mol. The van der Waals surface area contributed by atoms with Gasteiger partial charge in [0.1, 0.15) is 0 Å². The first kappa shape index (κ1) is 11.3. The van der Waals surface area contributed by atoms with Gasteiger partial charge in [-0.1, -0.05) is 12.1 Å². The molecule has 1 aliphatic carbocycles. The van der Waals surface area contributed by atoms with Crippen molar-refractivity contribution in [3.63, 3.8) is 0 Å². The van der Waals surface area contributed by atoms with Crippen LogP contribution in [0, 0.1) is 0 Å². The maximum atomic E-state index is 11.9. The molecule has 18 heavy (non-hydrogen) atoms. The summed E-state index contributed by atoms with van der Waals surface area (Å²) in [5.41, 5.74) is 1.63. The second kappa shape index (κ2) is 3.88. The van der Waals surface area contributed by atoms with E-state index < -0.39 is 9.84 Å². The van der Waals surface area contributed by atoms with Crippen LogP contribution >= 0.6 is 0 Å². The Morgan fingerprint density at radius 3 is 2.67 bits per heavy atom. The number of benzene rings is 1. The van der Waals surface area contributed by atoms with Gasteiger partial charge in [0.25, 0.3) is 0 Å². The zero-order valence-electron chi connectivity index (χ0n) is 9.79. The van der Waals surface area contributed by atoms with E-state index in [4.69, 9.17) is 0 Å². The lowest BCUT2D eigenvalue weighted by molar-refractivity contribution is 0.602. The minimum absolute atomic E-state index is 0.283. The fraction of sp³-hybridized carbons (Fsp3) is 0.364. The molecule has 0 spiro atoms. The highest BCUT2D eigenvalue weighted by molar-refractivity contribution is 7.90. The summed E-state index contributed by atoms with van der Waals surface area (Å²) in [6.07, 6.45) is 3.37. The summed E-state index contributed by atoms with van der Waals surface area (Å²) in [6.45, 7) is 0. The number of H-pyrrole nitrogens is 1. The van der Waals surface area contributed by atoms with E-state index in [1.165, 1.54) is 6.26 Å². The van der Waals surface area contributed by atoms with E-state index in [-0.39, 0.29) is 4.90 Å². The lowest BCUT2D eigenvalue weighted by Crippen LogP contribution is -2.03. The Bertz CT molecular complexity index is 675. The fourth-order valence-electron chi connectivity index (χ4n) is 2.11. The molecule has 0 saturated heterocycles. The van der Waals surface area contributed by atoms with E-state index in [0.29, 0.717) is 17.3 Å². The highest BCUT2D eigenvalue weighted by Crippen LogP contribution is 2.45. The van der Waals surface area contributed by atoms with Crippen LogP contribution in [0.5, 0.6) is 0 Å². The van der Waals surface area contributed by atoms with E-state index in [2.05, 4.69) is 20.6 Å². The average Bonchev–Trinajstić information content (AvgIpc) is 3.03. The van der Waals surface area contributed by atoms with Gasteiger partial charge in [0.05, 0.1) is 4.90 Å². The standard InChI is InChI=1S/C11H12N4O2S/c1-18(16,17)9-4-2-3-8(7-5-6-7)10(9)11-12-14-15-13-11/h2-4,7H,5-6H2,1H3,(H,12,13,14,15). The van der Waals surface area contributed by atoms with Crippen molar-refractivity contribution in [3.8, 4) is 11.4 Å². The molecule has 1 aliphatic rings. The van der Waals surface area contributed by atoms with Crippen LogP contribution in [0.1, 0.15) is 24.3 Å². The Hall–Kier alpha value is -1.76. The molecule has 0 unspecified atom stereocenters. The van der Waals surface area contributed by atoms with Crippen molar-refractivity contribution in [2.24, 2.45) is 0 Å². The molecule has 6 nitrogen and oxygen atoms in total. The number of sulfone groups is 1. The van der Waals surface area contributed by atoms with E-state index >= 15 is 0 Å². The first-order chi connectivity index (χ1) is 8.57. The molecule has 0 radical (unpaired) electrons. The summed E-state index contributed by atoms with van der Waals surface area (Å²) in [5.74, 6) is 0.838. The molecule has 3 rings (SSSR count). The van der Waals surface area contributed by atoms with Gasteiger partial charge in [-0.2, -0.15) is 0 Å². The molecule has 0 atom stereocenters. The zero-order valence-corrected chi connectivity index (χ0v) is 10.6. The minimum Gasteiger partial charge on any atom is -0.239 e. The molecule has 1 aromatic heterocycles. The largest absolute Gasteiger partial charge is 0.239 e. The third kappa shape index (κ3) is 1.90. The van der Waals surface area contributed by atoms with Crippen molar-refractivity contribution in [1.29, 1.82) is 0 Å². The summed E-state index contributed by atoms with van der Waals surface area (Å²) in [5, 5.41) is 13.6. The van der Waals surface area contributed by atoms with Crippen molar-refractivity contribution in [2.75, 3.05) is 6.26 Å². The van der Waals surface area contributed by atoms with E-state index in [1.54, 1.807) is 12.1 Å². The molecule has 94 valence electrons. The Labute approximate surface area is 104 Å². The minimum atomic E-state index is -3.30. The molecular formula is C11H12N4O2S. The third-order valence-electron chi connectivity index (χ3n) is 3.06. The van der Waals surface area contributed by atoms with Gasteiger partial charge < -0.3 is 0 Å². The molecule has 1 fully saturated rings. The first-order valence-corrected chi connectivity index (χ1v) is 7.53. The highest BCUT2D eigenvalue weighted by Gasteiger charge is 2.30. The quantitative estimate of drug-likeness (QED) is 0.898. The predicted octanol–water partition coefficient (Wildman–Crippen LogP) is 1.15. The van der Waals surface area contributed by atoms with Crippen molar-refractivity contribution < 1.29 is 8.42 Å². The van der Waals surface area contributed by atoms with Crippen LogP contribution in [0.4, 0.5) is 0 Å². The van der Waals surface area contributed by atoms with Gasteiger partial charge in [-0.25, -0.2) is 13.5 Å². The first-order valence-electron chi connectivity index (χ1n) is 5.64. The van der Waals surface area contributed by atoms with Gasteiger partial charge in [0.2, 0.25) is 0 Å². The van der Waals surface area contributed by atoms with Crippen molar-refractivity contribution in [1.82, 2.24) is 20.6 Å². The van der Waals surface area contributed by atoms with Crippen molar-refractivity contribution in [3.05, 3.63) is 23.8 Å². The van der Waals surface area contributed by atoms with Crippen LogP contribution in [-0.2, 0) is 9.84 Å². The Morgan fingerprint density at radius 1 is 1.33 bits per heavy atom. The molecular weight excluding hydrogens is 252 g/mol. The number of hydrogen-bond acceptors (Lipinski definition) is 5. The van der Waals surface area contributed by atoms with Crippen LogP contribution in [-0.4, -0.2) is 35.3 Å². The Balaban J connectivity index is 2.30. The number of rotatable bonds is 3. The second-order valence-corrected chi connectivity index (χ2v) is 6.50. The number of nitrogens with zero attached hydrogens (tertiary/aromatic N) is 3. The number of tetrazole rings is 1. The van der Waals surface area contributed by atoms with E-state index in [9.17, 15) is 8.42 Å². The Kier molecular flexibility index (Phi) is 2.44. The average molecular weight is 264 g/mol. The fourth-order valence-corrected chi connectivity index (χ4v) is 3.02. The molecule has 1 saturated carbocycles. The predicted molar refractivity (Wildman–Crippen MR) is 64.7 cm³/mol. The summed E-state index contributed by atoms with van der Waals surface area (Å²) >= 11 is 0. The molecule has 7 heteroatoms. The molecule has 0 bridgehead atoms. The van der Waals surface area contributed by atoms with Crippen molar-refractivity contribution in [2.45, 2.75) is 23.7 Å². The molecule has 0 amide bonds. The van der Waals surface area contributed by atoms with Crippen LogP contribution in [0.2, 0.25) is 0 Å². The van der Waals surface area contributed by atoms with Gasteiger partial charge in [0.15, 0.2) is 15.7 Å². The summed E-state index contributed by atoms with van der Waals surface area (Å²) in [7, 11) is -3.30. The third-order valence-corrected chi connectivity index (χ3v) is 4.20. The molecule has 1 aromatic carbocycles. The maximum absolute atomic E-state index is 11.9. The zero-order chi connectivity index (χ0) is 12.8. The van der Waals surface area contributed by atoms with Gasteiger partial charge in [-0.05, 0) is 40.8 Å². The number of aromatic amines is 1. The molecule has 0 aliphatic heterocycles. The normalized spacial score (nSPS) is 15.8. The summed E-state index contributed by atoms with van der Waals surface area (Å²) in [6, 6.07) is 5.32. The Morgan fingerprint density at radius 2 is 2.11 bits per heavy atom. The van der Waals surface area contributed by atoms with Crippen molar-refractivity contribution >= 4 is 9.84 Å². The lowest BCUT2D eigenvalue weighted by atomic mass is 10.0. The highest BCUT2D eigenvalue weighted by atomic mass is 32.2. The summed E-state index contributed by atoms with van der Waals surface area (Å²) < 4.78 is 23.7. The van der Waals surface area contributed by atoms with Crippen LogP contribution in [0.25, 0.3) is 11.4 Å². The molecule has 1 heterocycles. The number of nitrogens with one attached hydrogen (secondary N) is 1. The van der Waals surface area contributed by atoms with Crippen LogP contribution < -0.4 is 0 Å².